The fourth-order valence-corrected chi connectivity index (χ4v) is 4.56. The van der Waals surface area contributed by atoms with E-state index in [-0.39, 0.29) is 17.9 Å². The van der Waals surface area contributed by atoms with Gasteiger partial charge in [-0.2, -0.15) is 0 Å². The molecule has 0 spiro atoms. The van der Waals surface area contributed by atoms with Crippen LogP contribution in [0.5, 0.6) is 0 Å². The average molecular weight is 493 g/mol. The Balaban J connectivity index is 1.56. The van der Waals surface area contributed by atoms with Crippen molar-refractivity contribution in [1.82, 2.24) is 9.80 Å². The van der Waals surface area contributed by atoms with Crippen molar-refractivity contribution in [3.63, 3.8) is 0 Å². The highest BCUT2D eigenvalue weighted by molar-refractivity contribution is 9.10. The fraction of sp³-hybridized carbons (Fsp3) is 0.391. The molecular weight excluding hydrogens is 466 g/mol. The first-order valence-electron chi connectivity index (χ1n) is 10.3. The smallest absolute Gasteiger partial charge is 0.253 e. The number of carbonyl (C=O) groups is 2. The van der Waals surface area contributed by atoms with Crippen LogP contribution in [0.4, 0.5) is 5.69 Å². The summed E-state index contributed by atoms with van der Waals surface area (Å²) >= 11 is 9.59. The maximum Gasteiger partial charge on any atom is 0.253 e. The van der Waals surface area contributed by atoms with Gasteiger partial charge in [0.1, 0.15) is 0 Å². The summed E-state index contributed by atoms with van der Waals surface area (Å²) in [4.78, 5) is 29.5. The zero-order valence-corrected chi connectivity index (χ0v) is 19.5. The molecule has 0 atom stereocenters. The summed E-state index contributed by atoms with van der Waals surface area (Å²) in [6, 6.07) is 15.1. The topological polar surface area (TPSA) is 52.7 Å². The van der Waals surface area contributed by atoms with Gasteiger partial charge in [0.05, 0.1) is 17.3 Å². The number of amides is 2. The Kier molecular flexibility index (Phi) is 8.31. The summed E-state index contributed by atoms with van der Waals surface area (Å²) in [5.41, 5.74) is 1.34. The molecule has 0 aromatic heterocycles. The summed E-state index contributed by atoms with van der Waals surface area (Å²) in [7, 11) is 0. The van der Waals surface area contributed by atoms with E-state index in [1.807, 2.05) is 41.3 Å². The third kappa shape index (κ3) is 6.06. The molecule has 0 bridgehead atoms. The normalized spacial score (nSPS) is 14.7. The van der Waals surface area contributed by atoms with E-state index in [1.54, 1.807) is 12.1 Å². The van der Waals surface area contributed by atoms with E-state index in [2.05, 4.69) is 33.1 Å². The van der Waals surface area contributed by atoms with Gasteiger partial charge in [0, 0.05) is 29.2 Å². The standard InChI is InChI=1S/C23H27BrClN3O2/c1-2-12-28(16-22(29)26-21-9-8-18(24)15-20(21)25)19-10-13-27(14-11-19)23(30)17-6-4-3-5-7-17/h3-9,15,19H,2,10-14,16H2,1H3,(H,26,29). The molecule has 1 saturated heterocycles. The van der Waals surface area contributed by atoms with Crippen LogP contribution in [-0.4, -0.2) is 53.8 Å². The summed E-state index contributed by atoms with van der Waals surface area (Å²) in [6.07, 6.45) is 2.70. The maximum atomic E-state index is 12.7. The van der Waals surface area contributed by atoms with Gasteiger partial charge in [-0.1, -0.05) is 52.7 Å². The van der Waals surface area contributed by atoms with Gasteiger partial charge in [0.2, 0.25) is 5.91 Å². The van der Waals surface area contributed by atoms with Crippen LogP contribution in [-0.2, 0) is 4.79 Å². The number of likely N-dealkylation sites (tertiary alicyclic amines) is 1. The van der Waals surface area contributed by atoms with Crippen LogP contribution in [0.1, 0.15) is 36.5 Å². The van der Waals surface area contributed by atoms with E-state index in [4.69, 9.17) is 11.6 Å². The quantitative estimate of drug-likeness (QED) is 0.588. The molecule has 3 rings (SSSR count). The molecule has 1 fully saturated rings. The molecule has 5 nitrogen and oxygen atoms in total. The average Bonchev–Trinajstić information content (AvgIpc) is 2.76. The number of halogens is 2. The van der Waals surface area contributed by atoms with Gasteiger partial charge in [-0.25, -0.2) is 0 Å². The first-order chi connectivity index (χ1) is 14.5. The van der Waals surface area contributed by atoms with Crippen LogP contribution in [0.3, 0.4) is 0 Å². The molecule has 1 aliphatic heterocycles. The first kappa shape index (κ1) is 22.8. The molecule has 0 unspecified atom stereocenters. The fourth-order valence-electron chi connectivity index (χ4n) is 3.84. The summed E-state index contributed by atoms with van der Waals surface area (Å²) < 4.78 is 0.870. The third-order valence-electron chi connectivity index (χ3n) is 5.35. The molecular formula is C23H27BrClN3O2. The molecule has 1 aliphatic rings. The molecule has 1 N–H and O–H groups in total. The van der Waals surface area contributed by atoms with Crippen LogP contribution >= 0.6 is 27.5 Å². The lowest BCUT2D eigenvalue weighted by atomic mass is 10.0. The lowest BCUT2D eigenvalue weighted by Gasteiger charge is -2.38. The largest absolute Gasteiger partial charge is 0.339 e. The van der Waals surface area contributed by atoms with Crippen molar-refractivity contribution in [1.29, 1.82) is 0 Å². The van der Waals surface area contributed by atoms with E-state index < -0.39 is 0 Å². The highest BCUT2D eigenvalue weighted by atomic mass is 79.9. The van der Waals surface area contributed by atoms with E-state index in [1.165, 1.54) is 0 Å². The Morgan fingerprint density at radius 1 is 1.17 bits per heavy atom. The second kappa shape index (κ2) is 10.9. The van der Waals surface area contributed by atoms with Gasteiger partial charge < -0.3 is 10.2 Å². The van der Waals surface area contributed by atoms with Crippen molar-refractivity contribution < 1.29 is 9.59 Å². The number of nitrogens with one attached hydrogen (secondary N) is 1. The van der Waals surface area contributed by atoms with Crippen LogP contribution in [0.25, 0.3) is 0 Å². The Labute approximate surface area is 191 Å². The first-order valence-corrected chi connectivity index (χ1v) is 11.5. The number of hydrogen-bond acceptors (Lipinski definition) is 3. The Morgan fingerprint density at radius 3 is 2.50 bits per heavy atom. The van der Waals surface area contributed by atoms with E-state index in [0.29, 0.717) is 30.3 Å². The van der Waals surface area contributed by atoms with Crippen LogP contribution in [0, 0.1) is 0 Å². The second-order valence-corrected chi connectivity index (χ2v) is 8.86. The second-order valence-electron chi connectivity index (χ2n) is 7.53. The lowest BCUT2D eigenvalue weighted by molar-refractivity contribution is -0.118. The number of nitrogens with zero attached hydrogens (tertiary/aromatic N) is 2. The van der Waals surface area contributed by atoms with Crippen LogP contribution < -0.4 is 5.32 Å². The van der Waals surface area contributed by atoms with Gasteiger partial charge in [0.15, 0.2) is 0 Å². The summed E-state index contributed by atoms with van der Waals surface area (Å²) in [5.74, 6) is 0.00850. The van der Waals surface area contributed by atoms with Gasteiger partial charge >= 0.3 is 0 Å². The zero-order chi connectivity index (χ0) is 21.5. The van der Waals surface area contributed by atoms with Crippen LogP contribution in [0.15, 0.2) is 53.0 Å². The molecule has 0 radical (unpaired) electrons. The molecule has 1 heterocycles. The Morgan fingerprint density at radius 2 is 1.87 bits per heavy atom. The minimum atomic E-state index is -0.0736. The minimum Gasteiger partial charge on any atom is -0.339 e. The van der Waals surface area contributed by atoms with Gasteiger partial charge in [-0.05, 0) is 56.1 Å². The van der Waals surface area contributed by atoms with Gasteiger partial charge in [0.25, 0.3) is 5.91 Å². The summed E-state index contributed by atoms with van der Waals surface area (Å²) in [6.45, 7) is 4.69. The number of hydrogen-bond donors (Lipinski definition) is 1. The van der Waals surface area contributed by atoms with E-state index in [0.717, 1.165) is 35.8 Å². The molecule has 0 aliphatic carbocycles. The van der Waals surface area contributed by atoms with Crippen molar-refractivity contribution in [2.45, 2.75) is 32.2 Å². The molecule has 0 saturated carbocycles. The predicted octanol–water partition coefficient (Wildman–Crippen LogP) is 5.06. The lowest BCUT2D eigenvalue weighted by Crippen LogP contribution is -2.49. The molecule has 30 heavy (non-hydrogen) atoms. The van der Waals surface area contributed by atoms with Crippen molar-refractivity contribution in [3.8, 4) is 0 Å². The molecule has 160 valence electrons. The number of carbonyl (C=O) groups excluding carboxylic acids is 2. The SMILES string of the molecule is CCCN(CC(=O)Nc1ccc(Br)cc1Cl)C1CCN(C(=O)c2ccccc2)CC1. The van der Waals surface area contributed by atoms with Crippen LogP contribution in [0.2, 0.25) is 5.02 Å². The van der Waals surface area contributed by atoms with Gasteiger partial charge in [-0.3, -0.25) is 14.5 Å². The third-order valence-corrected chi connectivity index (χ3v) is 6.16. The van der Waals surface area contributed by atoms with E-state index >= 15 is 0 Å². The van der Waals surface area contributed by atoms with Crippen molar-refractivity contribution >= 4 is 45.0 Å². The number of rotatable bonds is 7. The predicted molar refractivity (Wildman–Crippen MR) is 125 cm³/mol. The van der Waals surface area contributed by atoms with Crippen molar-refractivity contribution in [2.24, 2.45) is 0 Å². The number of benzene rings is 2. The maximum absolute atomic E-state index is 12.7. The molecule has 2 aromatic carbocycles. The molecule has 7 heteroatoms. The molecule has 2 aromatic rings. The number of anilines is 1. The monoisotopic (exact) mass is 491 g/mol. The Hall–Kier alpha value is -1.89. The van der Waals surface area contributed by atoms with Crippen molar-refractivity contribution in [2.75, 3.05) is 31.5 Å². The number of piperidine rings is 1. The van der Waals surface area contributed by atoms with Crippen molar-refractivity contribution in [3.05, 3.63) is 63.6 Å². The highest BCUT2D eigenvalue weighted by Gasteiger charge is 2.28. The van der Waals surface area contributed by atoms with E-state index in [9.17, 15) is 9.59 Å². The Bertz CT molecular complexity index is 870. The van der Waals surface area contributed by atoms with Gasteiger partial charge in [-0.15, -0.1) is 0 Å². The zero-order valence-electron chi connectivity index (χ0n) is 17.1. The summed E-state index contributed by atoms with van der Waals surface area (Å²) in [5, 5.41) is 3.42. The minimum absolute atomic E-state index is 0.0736. The molecule has 2 amide bonds. The highest BCUT2D eigenvalue weighted by Crippen LogP contribution is 2.26.